The highest BCUT2D eigenvalue weighted by Gasteiger charge is 2.23. The van der Waals surface area contributed by atoms with Gasteiger partial charge in [0.2, 0.25) is 5.16 Å². The molecule has 0 aliphatic carbocycles. The van der Waals surface area contributed by atoms with Gasteiger partial charge in [0, 0.05) is 17.4 Å². The Labute approximate surface area is 100 Å². The van der Waals surface area contributed by atoms with Gasteiger partial charge in [-0.15, -0.1) is 10.2 Å². The summed E-state index contributed by atoms with van der Waals surface area (Å²) < 4.78 is 28.1. The van der Waals surface area contributed by atoms with Crippen molar-refractivity contribution in [3.63, 3.8) is 0 Å². The molecule has 1 aliphatic rings. The van der Waals surface area contributed by atoms with Crippen molar-refractivity contribution in [3.8, 4) is 0 Å². The summed E-state index contributed by atoms with van der Waals surface area (Å²) in [5.41, 5.74) is 3.50. The number of fused-ring (bicyclic) bond motifs is 1. The maximum atomic E-state index is 13.6. The van der Waals surface area contributed by atoms with Crippen LogP contribution < -0.4 is 5.43 Å². The Bertz CT molecular complexity index is 557. The van der Waals surface area contributed by atoms with E-state index in [1.54, 1.807) is 4.68 Å². The quantitative estimate of drug-likeness (QED) is 0.844. The summed E-state index contributed by atoms with van der Waals surface area (Å²) in [5, 5.41) is 8.37. The number of hydrogen-bond acceptors (Lipinski definition) is 4. The lowest BCUT2D eigenvalue weighted by Crippen LogP contribution is -2.27. The second kappa shape index (κ2) is 3.99. The van der Waals surface area contributed by atoms with Gasteiger partial charge in [-0.25, -0.2) is 13.5 Å². The molecule has 17 heavy (non-hydrogen) atoms. The van der Waals surface area contributed by atoms with Crippen LogP contribution >= 0.6 is 11.8 Å². The molecule has 0 saturated carbocycles. The molecule has 0 amide bonds. The van der Waals surface area contributed by atoms with Crippen LogP contribution in [0.2, 0.25) is 0 Å². The standard InChI is InChI=1S/C10H8F2N4S/c11-6-1-2-7(8(12)3-6)9-4-17-10-14-13-5-16(10)15-9/h1-3,5,9,15H,4H2. The fourth-order valence-electron chi connectivity index (χ4n) is 1.72. The monoisotopic (exact) mass is 254 g/mol. The third-order valence-corrected chi connectivity index (χ3v) is 3.56. The van der Waals surface area contributed by atoms with E-state index < -0.39 is 11.6 Å². The van der Waals surface area contributed by atoms with Crippen LogP contribution in [0.1, 0.15) is 11.6 Å². The minimum absolute atomic E-state index is 0.218. The van der Waals surface area contributed by atoms with E-state index in [1.165, 1.54) is 30.2 Å². The molecule has 0 radical (unpaired) electrons. The van der Waals surface area contributed by atoms with E-state index in [1.807, 2.05) is 0 Å². The van der Waals surface area contributed by atoms with Gasteiger partial charge < -0.3 is 5.43 Å². The Hall–Kier alpha value is -1.63. The highest BCUT2D eigenvalue weighted by Crippen LogP contribution is 2.30. The molecule has 2 heterocycles. The lowest BCUT2D eigenvalue weighted by atomic mass is 10.1. The van der Waals surface area contributed by atoms with Crippen LogP contribution in [0.5, 0.6) is 0 Å². The Balaban J connectivity index is 1.91. The SMILES string of the molecule is Fc1ccc(C2CSc3nncn3N2)c(F)c1. The van der Waals surface area contributed by atoms with Gasteiger partial charge in [-0.1, -0.05) is 17.8 Å². The van der Waals surface area contributed by atoms with Crippen LogP contribution in [0.4, 0.5) is 8.78 Å². The highest BCUT2D eigenvalue weighted by atomic mass is 32.2. The lowest BCUT2D eigenvalue weighted by Gasteiger charge is -2.25. The maximum Gasteiger partial charge on any atom is 0.209 e. The van der Waals surface area contributed by atoms with Crippen molar-refractivity contribution >= 4 is 11.8 Å². The topological polar surface area (TPSA) is 42.7 Å². The smallest absolute Gasteiger partial charge is 0.209 e. The number of thioether (sulfide) groups is 1. The van der Waals surface area contributed by atoms with E-state index in [0.29, 0.717) is 11.3 Å². The third kappa shape index (κ3) is 1.86. The summed E-state index contributed by atoms with van der Waals surface area (Å²) >= 11 is 1.48. The van der Waals surface area contributed by atoms with Gasteiger partial charge in [-0.05, 0) is 6.07 Å². The largest absolute Gasteiger partial charge is 0.314 e. The number of hydrogen-bond donors (Lipinski definition) is 1. The number of aromatic nitrogens is 3. The average Bonchev–Trinajstić information content (AvgIpc) is 2.75. The van der Waals surface area contributed by atoms with Gasteiger partial charge in [-0.2, -0.15) is 0 Å². The molecule has 1 aromatic carbocycles. The van der Waals surface area contributed by atoms with Crippen LogP contribution in [0, 0.1) is 11.6 Å². The summed E-state index contributed by atoms with van der Waals surface area (Å²) in [4.78, 5) is 0. The molecule has 7 heteroatoms. The normalized spacial score (nSPS) is 18.6. The molecule has 1 N–H and O–H groups in total. The van der Waals surface area contributed by atoms with Crippen LogP contribution in [0.15, 0.2) is 29.7 Å². The summed E-state index contributed by atoms with van der Waals surface area (Å²) in [6.07, 6.45) is 1.52. The molecular weight excluding hydrogens is 246 g/mol. The van der Waals surface area contributed by atoms with Crippen LogP contribution in [0.25, 0.3) is 0 Å². The molecule has 1 atom stereocenters. The Morgan fingerprint density at radius 3 is 3.12 bits per heavy atom. The molecular formula is C10H8F2N4S. The number of rotatable bonds is 1. The van der Waals surface area contributed by atoms with Crippen molar-refractivity contribution in [2.45, 2.75) is 11.2 Å². The molecule has 3 rings (SSSR count). The third-order valence-electron chi connectivity index (χ3n) is 2.53. The zero-order valence-corrected chi connectivity index (χ0v) is 9.42. The first-order chi connectivity index (χ1) is 8.24. The van der Waals surface area contributed by atoms with Gasteiger partial charge in [-0.3, -0.25) is 0 Å². The van der Waals surface area contributed by atoms with Gasteiger partial charge in [0.15, 0.2) is 0 Å². The molecule has 0 fully saturated rings. The zero-order valence-electron chi connectivity index (χ0n) is 8.60. The molecule has 88 valence electrons. The second-order valence-electron chi connectivity index (χ2n) is 3.64. The van der Waals surface area contributed by atoms with Gasteiger partial charge in [0.25, 0.3) is 0 Å². The minimum atomic E-state index is -0.570. The first-order valence-corrected chi connectivity index (χ1v) is 5.97. The molecule has 0 spiro atoms. The highest BCUT2D eigenvalue weighted by molar-refractivity contribution is 7.99. The fourth-order valence-corrected chi connectivity index (χ4v) is 2.63. The molecule has 1 unspecified atom stereocenters. The first kappa shape index (κ1) is 10.5. The lowest BCUT2D eigenvalue weighted by molar-refractivity contribution is 0.554. The number of nitrogens with zero attached hydrogens (tertiary/aromatic N) is 3. The molecule has 1 aromatic heterocycles. The predicted molar refractivity (Wildman–Crippen MR) is 59.2 cm³/mol. The van der Waals surface area contributed by atoms with Crippen LogP contribution in [0.3, 0.4) is 0 Å². The van der Waals surface area contributed by atoms with Gasteiger partial charge >= 0.3 is 0 Å². The van der Waals surface area contributed by atoms with Crippen LogP contribution in [-0.4, -0.2) is 20.6 Å². The molecule has 2 aromatic rings. The first-order valence-electron chi connectivity index (χ1n) is 4.98. The van der Waals surface area contributed by atoms with E-state index in [0.717, 1.165) is 11.2 Å². The Kier molecular flexibility index (Phi) is 2.47. The average molecular weight is 254 g/mol. The molecule has 0 bridgehead atoms. The van der Waals surface area contributed by atoms with Crippen molar-refractivity contribution < 1.29 is 8.78 Å². The molecule has 0 saturated heterocycles. The second-order valence-corrected chi connectivity index (χ2v) is 4.63. The summed E-state index contributed by atoms with van der Waals surface area (Å²) in [5.74, 6) is -0.486. The van der Waals surface area contributed by atoms with E-state index in [2.05, 4.69) is 15.6 Å². The van der Waals surface area contributed by atoms with E-state index in [-0.39, 0.29) is 6.04 Å². The predicted octanol–water partition coefficient (Wildman–Crippen LogP) is 1.95. The number of benzene rings is 1. The van der Waals surface area contributed by atoms with Crippen molar-refractivity contribution in [1.82, 2.24) is 14.9 Å². The van der Waals surface area contributed by atoms with Gasteiger partial charge in [0.1, 0.15) is 18.0 Å². The van der Waals surface area contributed by atoms with E-state index >= 15 is 0 Å². The van der Waals surface area contributed by atoms with Crippen molar-refractivity contribution in [2.24, 2.45) is 0 Å². The molecule has 4 nitrogen and oxygen atoms in total. The number of halogens is 2. The van der Waals surface area contributed by atoms with Crippen molar-refractivity contribution in [2.75, 3.05) is 11.2 Å². The van der Waals surface area contributed by atoms with Gasteiger partial charge in [0.05, 0.1) is 6.04 Å². The zero-order chi connectivity index (χ0) is 11.8. The molecule has 1 aliphatic heterocycles. The Morgan fingerprint density at radius 2 is 2.29 bits per heavy atom. The minimum Gasteiger partial charge on any atom is -0.314 e. The Morgan fingerprint density at radius 1 is 1.41 bits per heavy atom. The number of nitrogens with one attached hydrogen (secondary N) is 1. The summed E-state index contributed by atoms with van der Waals surface area (Å²) in [6, 6.07) is 3.39. The van der Waals surface area contributed by atoms with Crippen molar-refractivity contribution in [3.05, 3.63) is 41.7 Å². The summed E-state index contributed by atoms with van der Waals surface area (Å²) in [6.45, 7) is 0. The summed E-state index contributed by atoms with van der Waals surface area (Å²) in [7, 11) is 0. The maximum absolute atomic E-state index is 13.6. The van der Waals surface area contributed by atoms with Crippen LogP contribution in [-0.2, 0) is 0 Å². The fraction of sp³-hybridized carbons (Fsp3) is 0.200. The van der Waals surface area contributed by atoms with E-state index in [9.17, 15) is 8.78 Å². The van der Waals surface area contributed by atoms with E-state index in [4.69, 9.17) is 0 Å². The van der Waals surface area contributed by atoms with Crippen molar-refractivity contribution in [1.29, 1.82) is 0 Å².